The Morgan fingerprint density at radius 2 is 2.12 bits per heavy atom. The molecule has 0 unspecified atom stereocenters. The second-order valence-electron chi connectivity index (χ2n) is 7.38. The van der Waals surface area contributed by atoms with E-state index in [4.69, 9.17) is 5.11 Å². The number of nitrogens with one attached hydrogen (secondary N) is 1. The molecule has 3 heterocycles. The molecule has 2 aliphatic heterocycles. The number of β-amino-alcohol motifs (C(OH)–C–C–N with tert-alkyl or cyclic N) is 1. The molecule has 2 fully saturated rings. The van der Waals surface area contributed by atoms with E-state index in [1.807, 2.05) is 11.1 Å². The number of aliphatic hydroxyl groups is 1. The molecule has 0 aliphatic carbocycles. The van der Waals surface area contributed by atoms with Crippen molar-refractivity contribution >= 4 is 11.8 Å². The number of hydrogen-bond donors (Lipinski definition) is 2. The molecule has 2 aliphatic rings. The molecule has 1 aromatic rings. The van der Waals surface area contributed by atoms with Gasteiger partial charge < -0.3 is 14.9 Å². The zero-order valence-electron chi connectivity index (χ0n) is 14.7. The molecule has 1 spiro atoms. The number of likely N-dealkylation sites (tertiary alicyclic amines) is 2. The summed E-state index contributed by atoms with van der Waals surface area (Å²) in [5.41, 5.74) is 1.28. The number of H-pyrrole nitrogens is 1. The molecule has 0 saturated carbocycles. The Bertz CT molecular complexity index is 579. The van der Waals surface area contributed by atoms with Crippen molar-refractivity contribution < 1.29 is 14.7 Å². The maximum Gasteiger partial charge on any atom is 0.222 e. The van der Waals surface area contributed by atoms with Crippen molar-refractivity contribution in [2.45, 2.75) is 44.9 Å². The van der Waals surface area contributed by atoms with Crippen LogP contribution >= 0.6 is 0 Å². The van der Waals surface area contributed by atoms with E-state index in [0.29, 0.717) is 19.4 Å². The van der Waals surface area contributed by atoms with E-state index in [2.05, 4.69) is 10.2 Å². The lowest BCUT2D eigenvalue weighted by Crippen LogP contribution is -2.52. The lowest BCUT2D eigenvalue weighted by Gasteiger charge is -2.47. The van der Waals surface area contributed by atoms with Crippen molar-refractivity contribution in [2.24, 2.45) is 5.41 Å². The molecule has 3 rings (SSSR count). The van der Waals surface area contributed by atoms with Crippen molar-refractivity contribution in [1.29, 1.82) is 0 Å². The molecule has 2 amide bonds. The third kappa shape index (κ3) is 4.39. The molecule has 7 nitrogen and oxygen atoms in total. The van der Waals surface area contributed by atoms with Gasteiger partial charge in [0.2, 0.25) is 11.8 Å². The Labute approximate surface area is 148 Å². The van der Waals surface area contributed by atoms with E-state index in [9.17, 15) is 9.59 Å². The Hall–Kier alpha value is -1.89. The molecule has 0 bridgehead atoms. The SMILES string of the molecule is O=C(CCCc1cn[nH]c1)N1CCC2(CCC(=O)N(CCO)C2)CC1. The van der Waals surface area contributed by atoms with Crippen LogP contribution in [0.3, 0.4) is 0 Å². The van der Waals surface area contributed by atoms with Crippen LogP contribution in [0, 0.1) is 5.41 Å². The summed E-state index contributed by atoms with van der Waals surface area (Å²) in [5.74, 6) is 0.384. The highest BCUT2D eigenvalue weighted by Crippen LogP contribution is 2.40. The molecule has 2 saturated heterocycles. The Kier molecular flexibility index (Phi) is 5.73. The van der Waals surface area contributed by atoms with Gasteiger partial charge in [0.15, 0.2) is 0 Å². The lowest BCUT2D eigenvalue weighted by atomic mass is 9.72. The number of aryl methyl sites for hydroxylation is 1. The van der Waals surface area contributed by atoms with E-state index >= 15 is 0 Å². The van der Waals surface area contributed by atoms with Gasteiger partial charge in [-0.25, -0.2) is 0 Å². The number of hydrogen-bond acceptors (Lipinski definition) is 4. The minimum Gasteiger partial charge on any atom is -0.395 e. The van der Waals surface area contributed by atoms with E-state index in [-0.39, 0.29) is 23.8 Å². The number of carbonyl (C=O) groups is 2. The van der Waals surface area contributed by atoms with Crippen LogP contribution in [0.5, 0.6) is 0 Å². The summed E-state index contributed by atoms with van der Waals surface area (Å²) in [6.45, 7) is 2.74. The summed E-state index contributed by atoms with van der Waals surface area (Å²) < 4.78 is 0. The zero-order valence-corrected chi connectivity index (χ0v) is 14.7. The second-order valence-corrected chi connectivity index (χ2v) is 7.38. The third-order valence-corrected chi connectivity index (χ3v) is 5.71. The van der Waals surface area contributed by atoms with E-state index in [0.717, 1.165) is 57.3 Å². The number of carbonyl (C=O) groups excluding carboxylic acids is 2. The number of aromatic amines is 1. The van der Waals surface area contributed by atoms with Crippen LogP contribution in [0.15, 0.2) is 12.4 Å². The summed E-state index contributed by atoms with van der Waals surface area (Å²) >= 11 is 0. The van der Waals surface area contributed by atoms with Gasteiger partial charge in [-0.2, -0.15) is 5.10 Å². The predicted octanol–water partition coefficient (Wildman–Crippen LogP) is 0.956. The average molecular weight is 348 g/mol. The minimum absolute atomic E-state index is 0.0170. The number of rotatable bonds is 6. The van der Waals surface area contributed by atoms with Crippen LogP contribution in [0.4, 0.5) is 0 Å². The van der Waals surface area contributed by atoms with Crippen LogP contribution < -0.4 is 0 Å². The van der Waals surface area contributed by atoms with Crippen LogP contribution in [0.2, 0.25) is 0 Å². The van der Waals surface area contributed by atoms with Gasteiger partial charge in [-0.15, -0.1) is 0 Å². The molecule has 0 aromatic carbocycles. The molecule has 138 valence electrons. The molecule has 0 atom stereocenters. The first-order valence-corrected chi connectivity index (χ1v) is 9.26. The number of aliphatic hydroxyl groups excluding tert-OH is 1. The maximum absolute atomic E-state index is 12.4. The van der Waals surface area contributed by atoms with Gasteiger partial charge in [-0.3, -0.25) is 14.7 Å². The Morgan fingerprint density at radius 1 is 1.32 bits per heavy atom. The molecular weight excluding hydrogens is 320 g/mol. The standard InChI is InChI=1S/C18H28N4O3/c23-11-10-22-14-18(5-4-17(22)25)6-8-21(9-7-18)16(24)3-1-2-15-12-19-20-13-15/h12-13,23H,1-11,14H2,(H,19,20). The van der Waals surface area contributed by atoms with Gasteiger partial charge in [0.1, 0.15) is 0 Å². The highest BCUT2D eigenvalue weighted by molar-refractivity contribution is 5.77. The second kappa shape index (κ2) is 7.99. The smallest absolute Gasteiger partial charge is 0.222 e. The highest BCUT2D eigenvalue weighted by Gasteiger charge is 2.41. The highest BCUT2D eigenvalue weighted by atomic mass is 16.3. The molecule has 0 radical (unpaired) electrons. The van der Waals surface area contributed by atoms with Crippen LogP contribution in [-0.2, 0) is 16.0 Å². The molecule has 25 heavy (non-hydrogen) atoms. The summed E-state index contributed by atoms with van der Waals surface area (Å²) in [4.78, 5) is 28.1. The van der Waals surface area contributed by atoms with Gasteiger partial charge in [-0.05, 0) is 43.1 Å². The summed E-state index contributed by atoms with van der Waals surface area (Å²) in [7, 11) is 0. The average Bonchev–Trinajstić information content (AvgIpc) is 3.13. The molecular formula is C18H28N4O3. The minimum atomic E-state index is 0.0170. The van der Waals surface area contributed by atoms with E-state index < -0.39 is 0 Å². The van der Waals surface area contributed by atoms with Crippen molar-refractivity contribution in [3.8, 4) is 0 Å². The van der Waals surface area contributed by atoms with Gasteiger partial charge >= 0.3 is 0 Å². The number of piperidine rings is 2. The monoisotopic (exact) mass is 348 g/mol. The third-order valence-electron chi connectivity index (χ3n) is 5.71. The first-order valence-electron chi connectivity index (χ1n) is 9.26. The fraction of sp³-hybridized carbons (Fsp3) is 0.722. The number of aromatic nitrogens is 2. The number of amides is 2. The van der Waals surface area contributed by atoms with Crippen LogP contribution in [0.25, 0.3) is 0 Å². The quantitative estimate of drug-likeness (QED) is 0.801. The van der Waals surface area contributed by atoms with Crippen molar-refractivity contribution in [3.63, 3.8) is 0 Å². The van der Waals surface area contributed by atoms with E-state index in [1.165, 1.54) is 0 Å². The predicted molar refractivity (Wildman–Crippen MR) is 92.7 cm³/mol. The van der Waals surface area contributed by atoms with Crippen LogP contribution in [0.1, 0.15) is 44.1 Å². The van der Waals surface area contributed by atoms with Gasteiger partial charge in [0.05, 0.1) is 12.8 Å². The molecule has 7 heteroatoms. The number of nitrogens with zero attached hydrogens (tertiary/aromatic N) is 3. The summed E-state index contributed by atoms with van der Waals surface area (Å²) in [6.07, 6.45) is 9.36. The van der Waals surface area contributed by atoms with Gasteiger partial charge in [0, 0.05) is 45.2 Å². The van der Waals surface area contributed by atoms with Gasteiger partial charge in [-0.1, -0.05) is 0 Å². The van der Waals surface area contributed by atoms with Crippen molar-refractivity contribution in [3.05, 3.63) is 18.0 Å². The van der Waals surface area contributed by atoms with Crippen molar-refractivity contribution in [1.82, 2.24) is 20.0 Å². The summed E-state index contributed by atoms with van der Waals surface area (Å²) in [5, 5.41) is 15.8. The largest absolute Gasteiger partial charge is 0.395 e. The first-order chi connectivity index (χ1) is 12.1. The normalized spacial score (nSPS) is 20.3. The van der Waals surface area contributed by atoms with Gasteiger partial charge in [0.25, 0.3) is 0 Å². The topological polar surface area (TPSA) is 89.5 Å². The molecule has 2 N–H and O–H groups in total. The Balaban J connectivity index is 1.44. The Morgan fingerprint density at radius 3 is 2.80 bits per heavy atom. The fourth-order valence-electron chi connectivity index (χ4n) is 4.08. The lowest BCUT2D eigenvalue weighted by molar-refractivity contribution is -0.143. The summed E-state index contributed by atoms with van der Waals surface area (Å²) in [6, 6.07) is 0. The molecule has 1 aromatic heterocycles. The zero-order chi connectivity index (χ0) is 17.7. The van der Waals surface area contributed by atoms with Crippen molar-refractivity contribution in [2.75, 3.05) is 32.8 Å². The van der Waals surface area contributed by atoms with E-state index in [1.54, 1.807) is 11.1 Å². The maximum atomic E-state index is 12.4. The van der Waals surface area contributed by atoms with Crippen LogP contribution in [-0.4, -0.2) is 69.7 Å². The first kappa shape index (κ1) is 17.9. The fourth-order valence-corrected chi connectivity index (χ4v) is 4.08.